The average Bonchev–Trinajstić information content (AvgIpc) is 2.87. The lowest BCUT2D eigenvalue weighted by Gasteiger charge is -2.17. The maximum atomic E-state index is 5.98. The molecule has 2 saturated heterocycles. The van der Waals surface area contributed by atoms with Gasteiger partial charge in [0, 0.05) is 13.0 Å². The SMILES string of the molecule is CCCCCC[C@H]1O[C@H](OC)[C@@H]2[C@H]1OC[C@H]2C. The molecule has 2 fully saturated rings. The van der Waals surface area contributed by atoms with E-state index in [9.17, 15) is 0 Å². The highest BCUT2D eigenvalue weighted by Crippen LogP contribution is 2.41. The van der Waals surface area contributed by atoms with Gasteiger partial charge in [-0.05, 0) is 12.3 Å². The van der Waals surface area contributed by atoms with Crippen LogP contribution in [0.2, 0.25) is 0 Å². The molecule has 2 rings (SSSR count). The molecule has 0 amide bonds. The standard InChI is InChI=1S/C14H26O3/c1-4-5-6-7-8-11-13-12(10(2)9-16-13)14(15-3)17-11/h10-14H,4-9H2,1-3H3/t10-,11-,12+,13+,14+/m1/s1. The van der Waals surface area contributed by atoms with Gasteiger partial charge < -0.3 is 14.2 Å². The highest BCUT2D eigenvalue weighted by Gasteiger charge is 2.51. The van der Waals surface area contributed by atoms with Crippen molar-refractivity contribution in [2.45, 2.75) is 64.4 Å². The monoisotopic (exact) mass is 242 g/mol. The summed E-state index contributed by atoms with van der Waals surface area (Å²) in [5, 5.41) is 0. The molecule has 5 atom stereocenters. The van der Waals surface area contributed by atoms with Gasteiger partial charge in [-0.2, -0.15) is 0 Å². The minimum atomic E-state index is -0.0475. The van der Waals surface area contributed by atoms with Gasteiger partial charge >= 0.3 is 0 Å². The van der Waals surface area contributed by atoms with Gasteiger partial charge in [0.25, 0.3) is 0 Å². The van der Waals surface area contributed by atoms with E-state index in [0.717, 1.165) is 13.0 Å². The molecule has 3 nitrogen and oxygen atoms in total. The van der Waals surface area contributed by atoms with Crippen molar-refractivity contribution < 1.29 is 14.2 Å². The van der Waals surface area contributed by atoms with Gasteiger partial charge in [-0.25, -0.2) is 0 Å². The van der Waals surface area contributed by atoms with E-state index in [0.29, 0.717) is 11.8 Å². The summed E-state index contributed by atoms with van der Waals surface area (Å²) in [6.45, 7) is 5.34. The number of hydrogen-bond donors (Lipinski definition) is 0. The Morgan fingerprint density at radius 3 is 2.76 bits per heavy atom. The van der Waals surface area contributed by atoms with Gasteiger partial charge in [0.2, 0.25) is 0 Å². The molecule has 0 aromatic heterocycles. The smallest absolute Gasteiger partial charge is 0.163 e. The van der Waals surface area contributed by atoms with E-state index in [1.807, 2.05) is 0 Å². The molecule has 0 N–H and O–H groups in total. The number of rotatable bonds is 6. The Hall–Kier alpha value is -0.120. The second-order valence-corrected chi connectivity index (χ2v) is 5.48. The number of unbranched alkanes of at least 4 members (excludes halogenated alkanes) is 3. The number of ether oxygens (including phenoxy) is 3. The van der Waals surface area contributed by atoms with Crippen molar-refractivity contribution in [3.8, 4) is 0 Å². The second kappa shape index (κ2) is 6.17. The second-order valence-electron chi connectivity index (χ2n) is 5.48. The van der Waals surface area contributed by atoms with Crippen molar-refractivity contribution in [2.24, 2.45) is 11.8 Å². The number of hydrogen-bond acceptors (Lipinski definition) is 3. The van der Waals surface area contributed by atoms with Gasteiger partial charge in [-0.1, -0.05) is 39.5 Å². The molecule has 0 aromatic rings. The zero-order chi connectivity index (χ0) is 12.3. The van der Waals surface area contributed by atoms with Crippen LogP contribution in [-0.4, -0.2) is 32.2 Å². The lowest BCUT2D eigenvalue weighted by Crippen LogP contribution is -2.27. The van der Waals surface area contributed by atoms with E-state index >= 15 is 0 Å². The molecule has 0 aliphatic carbocycles. The highest BCUT2D eigenvalue weighted by atomic mass is 16.7. The molecule has 2 aliphatic rings. The van der Waals surface area contributed by atoms with Crippen molar-refractivity contribution in [1.82, 2.24) is 0 Å². The summed E-state index contributed by atoms with van der Waals surface area (Å²) in [4.78, 5) is 0. The third kappa shape index (κ3) is 2.83. The average molecular weight is 242 g/mol. The van der Waals surface area contributed by atoms with Crippen LogP contribution < -0.4 is 0 Å². The van der Waals surface area contributed by atoms with Crippen LogP contribution in [-0.2, 0) is 14.2 Å². The van der Waals surface area contributed by atoms with Crippen molar-refractivity contribution in [1.29, 1.82) is 0 Å². The largest absolute Gasteiger partial charge is 0.375 e. The molecule has 0 spiro atoms. The summed E-state index contributed by atoms with van der Waals surface area (Å²) >= 11 is 0. The van der Waals surface area contributed by atoms with Gasteiger partial charge in [-0.15, -0.1) is 0 Å². The highest BCUT2D eigenvalue weighted by molar-refractivity contribution is 4.94. The fourth-order valence-corrected chi connectivity index (χ4v) is 3.14. The zero-order valence-corrected chi connectivity index (χ0v) is 11.4. The van der Waals surface area contributed by atoms with Crippen LogP contribution in [0.4, 0.5) is 0 Å². The molecule has 100 valence electrons. The molecular formula is C14H26O3. The van der Waals surface area contributed by atoms with Crippen LogP contribution in [0.15, 0.2) is 0 Å². The molecule has 0 aromatic carbocycles. The Kier molecular flexibility index (Phi) is 4.83. The third-order valence-electron chi connectivity index (χ3n) is 4.15. The Balaban J connectivity index is 1.83. The Morgan fingerprint density at radius 2 is 2.06 bits per heavy atom. The topological polar surface area (TPSA) is 27.7 Å². The normalized spacial score (nSPS) is 40.8. The molecular weight excluding hydrogens is 216 g/mol. The molecule has 2 aliphatic heterocycles. The van der Waals surface area contributed by atoms with Crippen LogP contribution in [0.1, 0.15) is 46.0 Å². The van der Waals surface area contributed by atoms with E-state index in [1.165, 1.54) is 25.7 Å². The molecule has 0 bridgehead atoms. The summed E-state index contributed by atoms with van der Waals surface area (Å²) in [5.74, 6) is 1.00. The summed E-state index contributed by atoms with van der Waals surface area (Å²) in [6.07, 6.45) is 6.76. The third-order valence-corrected chi connectivity index (χ3v) is 4.15. The predicted octanol–water partition coefficient (Wildman–Crippen LogP) is 2.98. The quantitative estimate of drug-likeness (QED) is 0.670. The van der Waals surface area contributed by atoms with Crippen molar-refractivity contribution in [3.05, 3.63) is 0 Å². The number of fused-ring (bicyclic) bond motifs is 1. The fraction of sp³-hybridized carbons (Fsp3) is 1.00. The first kappa shape index (κ1) is 13.3. The zero-order valence-electron chi connectivity index (χ0n) is 11.4. The minimum Gasteiger partial charge on any atom is -0.375 e. The van der Waals surface area contributed by atoms with E-state index < -0.39 is 0 Å². The van der Waals surface area contributed by atoms with Crippen molar-refractivity contribution in [3.63, 3.8) is 0 Å². The predicted molar refractivity (Wildman–Crippen MR) is 66.8 cm³/mol. The summed E-state index contributed by atoms with van der Waals surface area (Å²) in [5.41, 5.74) is 0. The molecule has 17 heavy (non-hydrogen) atoms. The van der Waals surface area contributed by atoms with E-state index in [2.05, 4.69) is 13.8 Å². The molecule has 0 saturated carbocycles. The maximum absolute atomic E-state index is 5.98. The first-order chi connectivity index (χ1) is 8.27. The lowest BCUT2D eigenvalue weighted by atomic mass is 9.90. The maximum Gasteiger partial charge on any atom is 0.163 e. The van der Waals surface area contributed by atoms with Crippen LogP contribution in [0, 0.1) is 11.8 Å². The Morgan fingerprint density at radius 1 is 1.24 bits per heavy atom. The van der Waals surface area contributed by atoms with E-state index in [-0.39, 0.29) is 18.5 Å². The molecule has 0 unspecified atom stereocenters. The van der Waals surface area contributed by atoms with Crippen molar-refractivity contribution in [2.75, 3.05) is 13.7 Å². The van der Waals surface area contributed by atoms with Crippen LogP contribution in [0.3, 0.4) is 0 Å². The fourth-order valence-electron chi connectivity index (χ4n) is 3.14. The Bertz CT molecular complexity index is 232. The minimum absolute atomic E-state index is 0.0475. The van der Waals surface area contributed by atoms with Crippen LogP contribution in [0.25, 0.3) is 0 Å². The van der Waals surface area contributed by atoms with Gasteiger partial charge in [-0.3, -0.25) is 0 Å². The van der Waals surface area contributed by atoms with Gasteiger partial charge in [0.1, 0.15) is 0 Å². The summed E-state index contributed by atoms with van der Waals surface area (Å²) in [7, 11) is 1.74. The number of methoxy groups -OCH3 is 1. The van der Waals surface area contributed by atoms with Gasteiger partial charge in [0.15, 0.2) is 6.29 Å². The first-order valence-electron chi connectivity index (χ1n) is 7.07. The van der Waals surface area contributed by atoms with Crippen molar-refractivity contribution >= 4 is 0 Å². The molecule has 0 radical (unpaired) electrons. The van der Waals surface area contributed by atoms with E-state index in [4.69, 9.17) is 14.2 Å². The summed E-state index contributed by atoms with van der Waals surface area (Å²) in [6, 6.07) is 0. The van der Waals surface area contributed by atoms with Gasteiger partial charge in [0.05, 0.1) is 18.8 Å². The lowest BCUT2D eigenvalue weighted by molar-refractivity contribution is -0.144. The van der Waals surface area contributed by atoms with Crippen LogP contribution in [0.5, 0.6) is 0 Å². The molecule has 3 heteroatoms. The summed E-state index contributed by atoms with van der Waals surface area (Å²) < 4.78 is 17.3. The van der Waals surface area contributed by atoms with E-state index in [1.54, 1.807) is 7.11 Å². The van der Waals surface area contributed by atoms with Crippen LogP contribution >= 0.6 is 0 Å². The Labute approximate surface area is 105 Å². The first-order valence-corrected chi connectivity index (χ1v) is 7.07. The molecule has 2 heterocycles.